The molecule has 1 aliphatic heterocycles. The summed E-state index contributed by atoms with van der Waals surface area (Å²) in [5.41, 5.74) is 2.40. The first-order chi connectivity index (χ1) is 13.0. The van der Waals surface area contributed by atoms with E-state index >= 15 is 0 Å². The maximum Gasteiger partial charge on any atom is 0.312 e. The van der Waals surface area contributed by atoms with Gasteiger partial charge in [0.25, 0.3) is 0 Å². The van der Waals surface area contributed by atoms with E-state index in [0.717, 1.165) is 17.7 Å². The summed E-state index contributed by atoms with van der Waals surface area (Å²) >= 11 is 0. The van der Waals surface area contributed by atoms with Crippen molar-refractivity contribution in [1.29, 1.82) is 0 Å². The van der Waals surface area contributed by atoms with Crippen molar-refractivity contribution in [1.82, 2.24) is 0 Å². The van der Waals surface area contributed by atoms with Crippen LogP contribution in [0.25, 0.3) is 0 Å². The molecule has 27 heavy (non-hydrogen) atoms. The lowest BCUT2D eigenvalue weighted by atomic mass is 10.1. The van der Waals surface area contributed by atoms with Gasteiger partial charge in [-0.1, -0.05) is 55.5 Å². The zero-order valence-corrected chi connectivity index (χ0v) is 15.6. The number of benzene rings is 2. The fraction of sp³-hybridized carbons (Fsp3) is 0.318. The van der Waals surface area contributed by atoms with E-state index in [1.807, 2.05) is 37.3 Å². The summed E-state index contributed by atoms with van der Waals surface area (Å²) in [5.74, 6) is -1.41. The molecule has 140 valence electrons. The minimum absolute atomic E-state index is 0.0973. The van der Waals surface area contributed by atoms with Gasteiger partial charge in [0.2, 0.25) is 11.7 Å². The smallest absolute Gasteiger partial charge is 0.312 e. The van der Waals surface area contributed by atoms with Gasteiger partial charge in [-0.15, -0.1) is 0 Å². The SMILES string of the molecule is CCc1ccccc1N1CC(C(=O)OC(C)C(=O)c2ccccc2)CC1=O. The number of hydrogen-bond acceptors (Lipinski definition) is 4. The van der Waals surface area contributed by atoms with Crippen molar-refractivity contribution < 1.29 is 19.1 Å². The average Bonchev–Trinajstić information content (AvgIpc) is 3.09. The van der Waals surface area contributed by atoms with Crippen LogP contribution in [0.2, 0.25) is 0 Å². The number of aryl methyl sites for hydroxylation is 1. The van der Waals surface area contributed by atoms with Crippen LogP contribution in [-0.2, 0) is 20.7 Å². The van der Waals surface area contributed by atoms with E-state index in [-0.39, 0.29) is 24.7 Å². The summed E-state index contributed by atoms with van der Waals surface area (Å²) in [7, 11) is 0. The van der Waals surface area contributed by atoms with Crippen LogP contribution >= 0.6 is 0 Å². The predicted octanol–water partition coefficient (Wildman–Crippen LogP) is 3.42. The molecule has 2 unspecified atom stereocenters. The van der Waals surface area contributed by atoms with Crippen molar-refractivity contribution >= 4 is 23.3 Å². The summed E-state index contributed by atoms with van der Waals surface area (Å²) in [6.07, 6.45) is 0.0212. The molecule has 1 saturated heterocycles. The molecular weight excluding hydrogens is 342 g/mol. The number of nitrogens with zero attached hydrogens (tertiary/aromatic N) is 1. The normalized spacial score (nSPS) is 17.6. The van der Waals surface area contributed by atoms with Crippen LogP contribution in [-0.4, -0.2) is 30.3 Å². The van der Waals surface area contributed by atoms with E-state index in [0.29, 0.717) is 5.56 Å². The summed E-state index contributed by atoms with van der Waals surface area (Å²) < 4.78 is 5.37. The Kier molecular flexibility index (Phi) is 5.69. The Morgan fingerprint density at radius 1 is 1.11 bits per heavy atom. The number of ether oxygens (including phenoxy) is 1. The molecule has 2 atom stereocenters. The van der Waals surface area contributed by atoms with Gasteiger partial charge < -0.3 is 9.64 Å². The number of carbonyl (C=O) groups is 3. The van der Waals surface area contributed by atoms with Crippen LogP contribution < -0.4 is 4.90 Å². The van der Waals surface area contributed by atoms with E-state index in [4.69, 9.17) is 4.74 Å². The number of ketones is 1. The van der Waals surface area contributed by atoms with E-state index in [1.54, 1.807) is 36.1 Å². The van der Waals surface area contributed by atoms with Gasteiger partial charge in [-0.05, 0) is 25.0 Å². The first-order valence-corrected chi connectivity index (χ1v) is 9.19. The van der Waals surface area contributed by atoms with Crippen molar-refractivity contribution in [3.05, 3.63) is 65.7 Å². The Balaban J connectivity index is 1.66. The zero-order valence-electron chi connectivity index (χ0n) is 15.6. The molecule has 0 N–H and O–H groups in total. The van der Waals surface area contributed by atoms with Crippen molar-refractivity contribution in [2.45, 2.75) is 32.8 Å². The maximum absolute atomic E-state index is 12.5. The lowest BCUT2D eigenvalue weighted by Crippen LogP contribution is -2.30. The molecule has 1 heterocycles. The molecular formula is C22H23NO4. The van der Waals surface area contributed by atoms with Crippen LogP contribution in [0.5, 0.6) is 0 Å². The van der Waals surface area contributed by atoms with Gasteiger partial charge in [0.15, 0.2) is 6.10 Å². The molecule has 0 aromatic heterocycles. The van der Waals surface area contributed by atoms with Crippen molar-refractivity contribution in [2.24, 2.45) is 5.92 Å². The Bertz CT molecular complexity index is 846. The lowest BCUT2D eigenvalue weighted by Gasteiger charge is -2.20. The third-order valence-corrected chi connectivity index (χ3v) is 4.84. The van der Waals surface area contributed by atoms with E-state index < -0.39 is 18.0 Å². The Morgan fingerprint density at radius 3 is 2.48 bits per heavy atom. The number of carbonyl (C=O) groups excluding carboxylic acids is 3. The average molecular weight is 365 g/mol. The molecule has 2 aromatic rings. The molecule has 2 aromatic carbocycles. The molecule has 0 bridgehead atoms. The predicted molar refractivity (Wildman–Crippen MR) is 103 cm³/mol. The van der Waals surface area contributed by atoms with Gasteiger partial charge >= 0.3 is 5.97 Å². The van der Waals surface area contributed by atoms with Gasteiger partial charge in [0.05, 0.1) is 5.92 Å². The maximum atomic E-state index is 12.5. The van der Waals surface area contributed by atoms with Gasteiger partial charge in [-0.25, -0.2) is 0 Å². The highest BCUT2D eigenvalue weighted by Gasteiger charge is 2.37. The van der Waals surface area contributed by atoms with Gasteiger partial charge in [-0.3, -0.25) is 14.4 Å². The number of hydrogen-bond donors (Lipinski definition) is 0. The van der Waals surface area contributed by atoms with Crippen molar-refractivity contribution in [2.75, 3.05) is 11.4 Å². The second kappa shape index (κ2) is 8.16. The highest BCUT2D eigenvalue weighted by molar-refractivity contribution is 6.02. The van der Waals surface area contributed by atoms with Crippen molar-refractivity contribution in [3.8, 4) is 0 Å². The summed E-state index contributed by atoms with van der Waals surface area (Å²) in [6, 6.07) is 16.4. The highest BCUT2D eigenvalue weighted by atomic mass is 16.5. The molecule has 0 radical (unpaired) electrons. The first-order valence-electron chi connectivity index (χ1n) is 9.19. The van der Waals surface area contributed by atoms with Crippen LogP contribution in [0.4, 0.5) is 5.69 Å². The molecule has 5 heteroatoms. The largest absolute Gasteiger partial charge is 0.454 e. The quantitative estimate of drug-likeness (QED) is 0.581. The van der Waals surface area contributed by atoms with Crippen LogP contribution in [0, 0.1) is 5.92 Å². The fourth-order valence-electron chi connectivity index (χ4n) is 3.33. The van der Waals surface area contributed by atoms with Crippen LogP contribution in [0.1, 0.15) is 36.2 Å². The molecule has 0 spiro atoms. The molecule has 0 saturated carbocycles. The fourth-order valence-corrected chi connectivity index (χ4v) is 3.33. The number of amides is 1. The molecule has 1 aliphatic rings. The minimum atomic E-state index is -0.882. The summed E-state index contributed by atoms with van der Waals surface area (Å²) in [5, 5.41) is 0. The molecule has 0 aliphatic carbocycles. The number of esters is 1. The standard InChI is InChI=1S/C22H23NO4/c1-3-16-9-7-8-12-19(16)23-14-18(13-20(23)24)22(26)27-15(2)21(25)17-10-5-4-6-11-17/h4-12,15,18H,3,13-14H2,1-2H3. The van der Waals surface area contributed by atoms with E-state index in [2.05, 4.69) is 0 Å². The molecule has 1 amide bonds. The first kappa shape index (κ1) is 18.8. The third kappa shape index (κ3) is 4.08. The summed E-state index contributed by atoms with van der Waals surface area (Å²) in [6.45, 7) is 3.87. The second-order valence-electron chi connectivity index (χ2n) is 6.70. The Hall–Kier alpha value is -2.95. The molecule has 3 rings (SSSR count). The van der Waals surface area contributed by atoms with Gasteiger partial charge in [-0.2, -0.15) is 0 Å². The molecule has 1 fully saturated rings. The van der Waals surface area contributed by atoms with Crippen LogP contribution in [0.15, 0.2) is 54.6 Å². The van der Waals surface area contributed by atoms with E-state index in [1.165, 1.54) is 0 Å². The number of Topliss-reactive ketones (excluding diaryl/α,β-unsaturated/α-hetero) is 1. The highest BCUT2D eigenvalue weighted by Crippen LogP contribution is 2.29. The lowest BCUT2D eigenvalue weighted by molar-refractivity contribution is -0.151. The van der Waals surface area contributed by atoms with Gasteiger partial charge in [0.1, 0.15) is 0 Å². The monoisotopic (exact) mass is 365 g/mol. The second-order valence-corrected chi connectivity index (χ2v) is 6.70. The zero-order chi connectivity index (χ0) is 19.4. The number of anilines is 1. The topological polar surface area (TPSA) is 63.7 Å². The summed E-state index contributed by atoms with van der Waals surface area (Å²) in [4.78, 5) is 39.0. The third-order valence-electron chi connectivity index (χ3n) is 4.84. The van der Waals surface area contributed by atoms with Gasteiger partial charge in [0, 0.05) is 24.2 Å². The Morgan fingerprint density at radius 2 is 1.78 bits per heavy atom. The van der Waals surface area contributed by atoms with E-state index in [9.17, 15) is 14.4 Å². The van der Waals surface area contributed by atoms with Crippen molar-refractivity contribution in [3.63, 3.8) is 0 Å². The number of rotatable bonds is 6. The minimum Gasteiger partial charge on any atom is -0.454 e. The molecule has 5 nitrogen and oxygen atoms in total. The van der Waals surface area contributed by atoms with Crippen LogP contribution in [0.3, 0.4) is 0 Å². The number of para-hydroxylation sites is 1. The Labute approximate surface area is 158 Å².